The summed E-state index contributed by atoms with van der Waals surface area (Å²) in [4.78, 5) is 0. The highest BCUT2D eigenvalue weighted by molar-refractivity contribution is 7.94. The zero-order valence-electron chi connectivity index (χ0n) is 6.99. The van der Waals surface area contributed by atoms with Crippen LogP contribution >= 0.6 is 12.0 Å². The van der Waals surface area contributed by atoms with Gasteiger partial charge in [0.15, 0.2) is 0 Å². The Kier molecular flexibility index (Phi) is 4.39. The number of hydrogen-bond acceptors (Lipinski definition) is 7. The minimum absolute atomic E-state index is 0.267. The topological polar surface area (TPSA) is 88.4 Å². The molecule has 0 aliphatic carbocycles. The molecule has 0 spiro atoms. The molecule has 6 nitrogen and oxygen atoms in total. The molecule has 0 bridgehead atoms. The fraction of sp³-hybridized carbons (Fsp3) is 1.00. The summed E-state index contributed by atoms with van der Waals surface area (Å²) < 4.78 is 9.31. The molecule has 0 saturated carbocycles. The second-order valence-electron chi connectivity index (χ2n) is 2.79. The first-order chi connectivity index (χ1) is 6.16. The zero-order chi connectivity index (χ0) is 9.84. The van der Waals surface area contributed by atoms with E-state index in [-0.39, 0.29) is 5.75 Å². The Morgan fingerprint density at radius 1 is 1.38 bits per heavy atom. The van der Waals surface area contributed by atoms with E-state index in [2.05, 4.69) is 9.37 Å². The molecule has 3 N–H and O–H groups in total. The van der Waals surface area contributed by atoms with Gasteiger partial charge in [0.05, 0.1) is 18.0 Å². The van der Waals surface area contributed by atoms with E-state index in [4.69, 9.17) is 9.99 Å². The van der Waals surface area contributed by atoms with Crippen LogP contribution in [-0.2, 0) is 14.1 Å². The lowest BCUT2D eigenvalue weighted by atomic mass is 10.1. The third-order valence-corrected chi connectivity index (χ3v) is 2.53. The molecule has 0 aromatic rings. The lowest BCUT2D eigenvalue weighted by molar-refractivity contribution is -0.432. The Labute approximate surface area is 79.5 Å². The Hall–Kier alpha value is 0.110. The fourth-order valence-electron chi connectivity index (χ4n) is 1.19. The molecular weight excluding hydrogens is 200 g/mol. The Bertz CT molecular complexity index is 156. The van der Waals surface area contributed by atoms with Gasteiger partial charge in [-0.1, -0.05) is 5.04 Å². The largest absolute Gasteiger partial charge is 0.388 e. The molecule has 0 amide bonds. The van der Waals surface area contributed by atoms with Crippen molar-refractivity contribution >= 4 is 12.0 Å². The SMILES string of the molecule is CC1OC(CSOOO)C(O)C1O. The van der Waals surface area contributed by atoms with Gasteiger partial charge >= 0.3 is 0 Å². The monoisotopic (exact) mass is 212 g/mol. The summed E-state index contributed by atoms with van der Waals surface area (Å²) in [6, 6.07) is 0. The Balaban J connectivity index is 2.27. The highest BCUT2D eigenvalue weighted by Crippen LogP contribution is 2.23. The standard InChI is InChI=1S/C6H12O6S/c1-3-5(7)6(8)4(10-3)2-13-12-11-9/h3-9H,2H2,1H3. The predicted octanol–water partition coefficient (Wildman–Crippen LogP) is -0.435. The van der Waals surface area contributed by atoms with Crippen LogP contribution in [-0.4, -0.2) is 45.6 Å². The number of aliphatic hydroxyl groups is 2. The molecule has 0 aromatic heterocycles. The minimum atomic E-state index is -0.926. The van der Waals surface area contributed by atoms with Crippen LogP contribution in [0.5, 0.6) is 0 Å². The van der Waals surface area contributed by atoms with Crippen molar-refractivity contribution in [2.45, 2.75) is 31.3 Å². The van der Waals surface area contributed by atoms with E-state index >= 15 is 0 Å². The van der Waals surface area contributed by atoms with Gasteiger partial charge in [0.1, 0.15) is 12.2 Å². The summed E-state index contributed by atoms with van der Waals surface area (Å²) in [5, 5.41) is 29.8. The van der Waals surface area contributed by atoms with Crippen LogP contribution < -0.4 is 0 Å². The zero-order valence-corrected chi connectivity index (χ0v) is 7.81. The number of aliphatic hydroxyl groups excluding tert-OH is 2. The van der Waals surface area contributed by atoms with E-state index < -0.39 is 24.4 Å². The van der Waals surface area contributed by atoms with Crippen molar-refractivity contribution in [2.24, 2.45) is 0 Å². The van der Waals surface area contributed by atoms with Crippen LogP contribution in [0.3, 0.4) is 0 Å². The summed E-state index contributed by atoms with van der Waals surface area (Å²) in [5.74, 6) is 0.267. The fourth-order valence-corrected chi connectivity index (χ4v) is 1.70. The highest BCUT2D eigenvalue weighted by atomic mass is 32.2. The average Bonchev–Trinajstić information content (AvgIpc) is 2.34. The Morgan fingerprint density at radius 3 is 2.54 bits per heavy atom. The molecule has 78 valence electrons. The molecule has 1 heterocycles. The normalized spacial score (nSPS) is 39.7. The Morgan fingerprint density at radius 2 is 2.08 bits per heavy atom. The molecule has 1 rings (SSSR count). The molecular formula is C6H12O6S. The van der Waals surface area contributed by atoms with Crippen molar-refractivity contribution in [3.63, 3.8) is 0 Å². The van der Waals surface area contributed by atoms with Crippen molar-refractivity contribution in [3.8, 4) is 0 Å². The minimum Gasteiger partial charge on any atom is -0.388 e. The maximum atomic E-state index is 9.38. The summed E-state index contributed by atoms with van der Waals surface area (Å²) in [7, 11) is 0. The maximum absolute atomic E-state index is 9.38. The van der Waals surface area contributed by atoms with E-state index in [1.165, 1.54) is 0 Å². The van der Waals surface area contributed by atoms with Crippen LogP contribution in [0.4, 0.5) is 0 Å². The highest BCUT2D eigenvalue weighted by Gasteiger charge is 2.40. The van der Waals surface area contributed by atoms with Crippen molar-refractivity contribution < 1.29 is 29.6 Å². The molecule has 7 heteroatoms. The first kappa shape index (κ1) is 11.2. The second kappa shape index (κ2) is 5.11. The molecule has 4 unspecified atom stereocenters. The van der Waals surface area contributed by atoms with Gasteiger partial charge < -0.3 is 14.9 Å². The van der Waals surface area contributed by atoms with Gasteiger partial charge in [-0.25, -0.2) is 5.26 Å². The lowest BCUT2D eigenvalue weighted by Gasteiger charge is -2.12. The van der Waals surface area contributed by atoms with E-state index in [1.807, 2.05) is 0 Å². The summed E-state index contributed by atoms with van der Waals surface area (Å²) in [5.41, 5.74) is 0. The third kappa shape index (κ3) is 2.78. The molecule has 4 atom stereocenters. The van der Waals surface area contributed by atoms with Gasteiger partial charge in [-0.15, -0.1) is 4.33 Å². The summed E-state index contributed by atoms with van der Waals surface area (Å²) in [6.07, 6.45) is -2.70. The van der Waals surface area contributed by atoms with Crippen LogP contribution in [0.25, 0.3) is 0 Å². The smallest absolute Gasteiger partial charge is 0.109 e. The lowest BCUT2D eigenvalue weighted by Crippen LogP contribution is -2.32. The molecule has 0 radical (unpaired) electrons. The average molecular weight is 212 g/mol. The first-order valence-electron chi connectivity index (χ1n) is 3.78. The maximum Gasteiger partial charge on any atom is 0.109 e. The van der Waals surface area contributed by atoms with E-state index in [0.717, 1.165) is 12.0 Å². The molecule has 1 saturated heterocycles. The van der Waals surface area contributed by atoms with Crippen LogP contribution in [0.15, 0.2) is 0 Å². The van der Waals surface area contributed by atoms with Crippen molar-refractivity contribution in [2.75, 3.05) is 5.75 Å². The van der Waals surface area contributed by atoms with Gasteiger partial charge in [0, 0.05) is 12.0 Å². The number of ether oxygens (including phenoxy) is 1. The molecule has 13 heavy (non-hydrogen) atoms. The number of rotatable bonds is 4. The van der Waals surface area contributed by atoms with Crippen LogP contribution in [0.2, 0.25) is 0 Å². The van der Waals surface area contributed by atoms with Gasteiger partial charge in [-0.2, -0.15) is 0 Å². The van der Waals surface area contributed by atoms with E-state index in [0.29, 0.717) is 0 Å². The first-order valence-corrected chi connectivity index (χ1v) is 4.69. The van der Waals surface area contributed by atoms with E-state index in [9.17, 15) is 10.2 Å². The molecule has 0 aromatic carbocycles. The summed E-state index contributed by atoms with van der Waals surface area (Å²) in [6.45, 7) is 1.67. The number of hydrogen-bond donors (Lipinski definition) is 3. The molecule has 1 aliphatic heterocycles. The van der Waals surface area contributed by atoms with E-state index in [1.54, 1.807) is 6.92 Å². The summed E-state index contributed by atoms with van der Waals surface area (Å²) >= 11 is 0.790. The van der Waals surface area contributed by atoms with Crippen molar-refractivity contribution in [1.82, 2.24) is 0 Å². The molecule has 1 aliphatic rings. The quantitative estimate of drug-likeness (QED) is 0.252. The van der Waals surface area contributed by atoms with Crippen molar-refractivity contribution in [1.29, 1.82) is 0 Å². The van der Waals surface area contributed by atoms with Crippen molar-refractivity contribution in [3.05, 3.63) is 0 Å². The van der Waals surface area contributed by atoms with Gasteiger partial charge in [0.2, 0.25) is 0 Å². The van der Waals surface area contributed by atoms with Crippen LogP contribution in [0.1, 0.15) is 6.92 Å². The second-order valence-corrected chi connectivity index (χ2v) is 3.49. The van der Waals surface area contributed by atoms with Gasteiger partial charge in [-0.3, -0.25) is 0 Å². The van der Waals surface area contributed by atoms with Crippen LogP contribution in [0, 0.1) is 0 Å². The van der Waals surface area contributed by atoms with Gasteiger partial charge in [-0.05, 0) is 6.92 Å². The van der Waals surface area contributed by atoms with Gasteiger partial charge in [0.25, 0.3) is 0 Å². The third-order valence-electron chi connectivity index (χ3n) is 1.91. The predicted molar refractivity (Wildman–Crippen MR) is 43.6 cm³/mol. The molecule has 1 fully saturated rings.